The maximum Gasteiger partial charge on any atom is 3.00 e. The topological polar surface area (TPSA) is 38.7 Å². The van der Waals surface area contributed by atoms with Crippen LogP contribution in [-0.2, 0) is 20.1 Å². The second kappa shape index (κ2) is 25.4. The summed E-state index contributed by atoms with van der Waals surface area (Å²) in [4.78, 5) is 14.6. The molecular formula is C83H56IrN3. The van der Waals surface area contributed by atoms with Gasteiger partial charge in [0.25, 0.3) is 0 Å². The number of allylic oxidation sites excluding steroid dienone is 6. The molecule has 3 aromatic heterocycles. The molecule has 4 heteroatoms. The van der Waals surface area contributed by atoms with E-state index in [0.717, 1.165) is 145 Å². The number of nitrogens with zero attached hydrogens (tertiary/aromatic N) is 3. The third kappa shape index (κ3) is 11.6. The number of benzene rings is 10. The fraction of sp³-hybridized carbons (Fsp3) is 0.0241. The first-order chi connectivity index (χ1) is 42.6. The Labute approximate surface area is 523 Å². The molecule has 14 rings (SSSR count). The van der Waals surface area contributed by atoms with Gasteiger partial charge in [-0.2, -0.15) is 0 Å². The predicted octanol–water partition coefficient (Wildman–Crippen LogP) is 21.2. The normalized spacial score (nSPS) is 12.0. The molecule has 0 N–H and O–H groups in total. The third-order valence-electron chi connectivity index (χ3n) is 16.3. The van der Waals surface area contributed by atoms with Gasteiger partial charge in [-0.05, 0) is 110 Å². The molecule has 1 aliphatic carbocycles. The first kappa shape index (κ1) is 55.7. The molecule has 10 aromatic carbocycles. The van der Waals surface area contributed by atoms with E-state index in [0.29, 0.717) is 6.42 Å². The largest absolute Gasteiger partial charge is 3.00 e. The zero-order valence-corrected chi connectivity index (χ0v) is 50.2. The van der Waals surface area contributed by atoms with Crippen molar-refractivity contribution < 1.29 is 20.1 Å². The Kier molecular flexibility index (Phi) is 16.3. The van der Waals surface area contributed by atoms with Crippen LogP contribution in [0.1, 0.15) is 28.7 Å². The summed E-state index contributed by atoms with van der Waals surface area (Å²) in [7, 11) is 0. The maximum absolute atomic E-state index is 5.06. The molecule has 0 fully saturated rings. The van der Waals surface area contributed by atoms with Gasteiger partial charge in [-0.25, -0.2) is 0 Å². The molecule has 0 saturated carbocycles. The zero-order valence-electron chi connectivity index (χ0n) is 47.8. The van der Waals surface area contributed by atoms with Gasteiger partial charge in [0.05, 0.1) is 0 Å². The molecule has 0 spiro atoms. The van der Waals surface area contributed by atoms with Gasteiger partial charge in [-0.1, -0.05) is 287 Å². The molecular weight excluding hydrogens is 1230 g/mol. The molecule has 0 radical (unpaired) electrons. The fourth-order valence-corrected chi connectivity index (χ4v) is 12.0. The molecule has 0 saturated heterocycles. The minimum atomic E-state index is 0. The van der Waals surface area contributed by atoms with E-state index in [2.05, 4.69) is 274 Å². The van der Waals surface area contributed by atoms with Crippen molar-refractivity contribution in [3.05, 3.63) is 350 Å². The van der Waals surface area contributed by atoms with Crippen LogP contribution >= 0.6 is 0 Å². The summed E-state index contributed by atoms with van der Waals surface area (Å²) >= 11 is 0. The SMILES string of the molecule is Cc1cc(-c2[c-]cc(-c3ccccc3C3=CCC(c4ccccc4-c4c[c-]c(-c5ccccn5)cc4-c4ccccc4)=CC(c4ccccc4-c4c[c-]c(-c5ccccn5)cc4-c4ccccc4)=C3)c(-c3ccccc3)c2)ncc1-c1ccccc1.[Ir+3]. The van der Waals surface area contributed by atoms with E-state index in [9.17, 15) is 0 Å². The summed E-state index contributed by atoms with van der Waals surface area (Å²) in [6, 6.07) is 108. The Bertz CT molecular complexity index is 4690. The van der Waals surface area contributed by atoms with E-state index in [1.807, 2.05) is 61.1 Å². The van der Waals surface area contributed by atoms with E-state index in [1.54, 1.807) is 0 Å². The van der Waals surface area contributed by atoms with E-state index in [4.69, 9.17) is 15.0 Å². The second-order valence-corrected chi connectivity index (χ2v) is 21.6. The van der Waals surface area contributed by atoms with E-state index in [-0.39, 0.29) is 20.1 Å². The minimum absolute atomic E-state index is 0. The van der Waals surface area contributed by atoms with Crippen molar-refractivity contribution in [3.8, 4) is 112 Å². The number of aryl methyl sites for hydroxylation is 1. The number of rotatable bonds is 13. The minimum Gasteiger partial charge on any atom is -0.305 e. The Hall–Kier alpha value is -10.5. The Morgan fingerprint density at radius 3 is 1.09 bits per heavy atom. The average Bonchev–Trinajstić information content (AvgIpc) is 2.87. The monoisotopic (exact) mass is 1290 g/mol. The molecule has 412 valence electrons. The van der Waals surface area contributed by atoms with E-state index < -0.39 is 0 Å². The number of hydrogen-bond donors (Lipinski definition) is 0. The van der Waals surface area contributed by atoms with Gasteiger partial charge in [0.1, 0.15) is 0 Å². The van der Waals surface area contributed by atoms with Crippen LogP contribution in [0.3, 0.4) is 0 Å². The van der Waals surface area contributed by atoms with Gasteiger partial charge < -0.3 is 15.0 Å². The van der Waals surface area contributed by atoms with Gasteiger partial charge >= 0.3 is 20.1 Å². The first-order valence-corrected chi connectivity index (χ1v) is 29.2. The average molecular weight is 1290 g/mol. The summed E-state index contributed by atoms with van der Waals surface area (Å²) in [5.74, 6) is 0. The summed E-state index contributed by atoms with van der Waals surface area (Å²) in [5, 5.41) is 0. The third-order valence-corrected chi connectivity index (χ3v) is 16.3. The van der Waals surface area contributed by atoms with Crippen LogP contribution in [0.4, 0.5) is 0 Å². The second-order valence-electron chi connectivity index (χ2n) is 21.6. The Morgan fingerprint density at radius 1 is 0.299 bits per heavy atom. The quantitative estimate of drug-likeness (QED) is 0.108. The predicted molar refractivity (Wildman–Crippen MR) is 357 cm³/mol. The van der Waals surface area contributed by atoms with Crippen molar-refractivity contribution in [2.75, 3.05) is 0 Å². The number of aromatic nitrogens is 3. The Balaban J connectivity index is 0.00000700. The maximum atomic E-state index is 5.06. The van der Waals surface area contributed by atoms with Crippen LogP contribution in [0, 0.1) is 25.1 Å². The molecule has 87 heavy (non-hydrogen) atoms. The van der Waals surface area contributed by atoms with Gasteiger partial charge in [-0.15, -0.1) is 71.3 Å². The van der Waals surface area contributed by atoms with E-state index in [1.165, 1.54) is 5.57 Å². The van der Waals surface area contributed by atoms with Crippen LogP contribution < -0.4 is 0 Å². The van der Waals surface area contributed by atoms with Gasteiger partial charge in [0.15, 0.2) is 0 Å². The molecule has 13 aromatic rings. The van der Waals surface area contributed by atoms with Crippen LogP contribution in [-0.4, -0.2) is 15.0 Å². The number of hydrogen-bond acceptors (Lipinski definition) is 3. The van der Waals surface area contributed by atoms with Crippen molar-refractivity contribution in [2.24, 2.45) is 0 Å². The number of pyridine rings is 3. The van der Waals surface area contributed by atoms with Gasteiger partial charge in [-0.3, -0.25) is 0 Å². The molecule has 0 bridgehead atoms. The summed E-state index contributed by atoms with van der Waals surface area (Å²) in [6.45, 7) is 2.16. The Morgan fingerprint density at radius 2 is 0.667 bits per heavy atom. The van der Waals surface area contributed by atoms with Crippen LogP contribution in [0.5, 0.6) is 0 Å². The molecule has 3 heterocycles. The molecule has 0 atom stereocenters. The first-order valence-electron chi connectivity index (χ1n) is 29.2. The summed E-state index contributed by atoms with van der Waals surface area (Å²) in [5.41, 5.74) is 28.9. The van der Waals surface area contributed by atoms with E-state index >= 15 is 0 Å². The van der Waals surface area contributed by atoms with Crippen molar-refractivity contribution in [2.45, 2.75) is 13.3 Å². The summed E-state index contributed by atoms with van der Waals surface area (Å²) in [6.07, 6.45) is 13.6. The van der Waals surface area contributed by atoms with Gasteiger partial charge in [0.2, 0.25) is 0 Å². The molecule has 0 unspecified atom stereocenters. The van der Waals surface area contributed by atoms with Crippen LogP contribution in [0.25, 0.3) is 128 Å². The smallest absolute Gasteiger partial charge is 0.305 e. The molecule has 3 nitrogen and oxygen atoms in total. The van der Waals surface area contributed by atoms with Crippen molar-refractivity contribution in [1.82, 2.24) is 15.0 Å². The van der Waals surface area contributed by atoms with Gasteiger partial charge in [0, 0.05) is 24.2 Å². The zero-order chi connectivity index (χ0) is 57.6. The van der Waals surface area contributed by atoms with Crippen molar-refractivity contribution in [1.29, 1.82) is 0 Å². The van der Waals surface area contributed by atoms with Crippen LogP contribution in [0.15, 0.2) is 310 Å². The molecule has 0 amide bonds. The molecule has 0 aliphatic heterocycles. The van der Waals surface area contributed by atoms with Crippen molar-refractivity contribution in [3.63, 3.8) is 0 Å². The molecule has 1 aliphatic rings. The fourth-order valence-electron chi connectivity index (χ4n) is 12.0. The standard InChI is InChI=1S/C83H56N3.Ir/c1-57-50-83(86-56-80(57)61-30-12-5-13-31-61)66-44-47-75(79(55-66)60-28-10-4-11-29-60)72-36-18-15-33-69(72)63-41-40-62(68-32-14-17-35-71(68)74-45-42-64(81-38-20-22-48-84-81)53-77(74)58-24-6-2-7-25-58)51-67(52-63)70-34-16-19-37-73(70)76-46-43-65(82-39-21-23-49-85-82)54-78(76)59-26-8-3-9-27-59;/h2-39,41,45-56H,40H2,1H3;/q-3;+3. The summed E-state index contributed by atoms with van der Waals surface area (Å²) < 4.78 is 0. The van der Waals surface area contributed by atoms with Crippen molar-refractivity contribution >= 4 is 16.7 Å². The van der Waals surface area contributed by atoms with Crippen LogP contribution in [0.2, 0.25) is 0 Å².